The molecule has 0 aliphatic heterocycles. The quantitative estimate of drug-likeness (QED) is 0.564. The number of anilines is 1. The van der Waals surface area contributed by atoms with Gasteiger partial charge in [0.1, 0.15) is 12.4 Å². The van der Waals surface area contributed by atoms with Crippen LogP contribution in [-0.2, 0) is 13.2 Å². The Kier molecular flexibility index (Phi) is 5.99. The number of benzene rings is 3. The second-order valence-electron chi connectivity index (χ2n) is 6.20. The monoisotopic (exact) mass is 381 g/mol. The van der Waals surface area contributed by atoms with Crippen LogP contribution in [0.3, 0.4) is 0 Å². The summed E-state index contributed by atoms with van der Waals surface area (Å²) in [4.78, 5) is 11.2. The molecule has 0 unspecified atom stereocenters. The van der Waals surface area contributed by atoms with Gasteiger partial charge in [-0.25, -0.2) is 4.79 Å². The van der Waals surface area contributed by atoms with Crippen LogP contribution >= 0.6 is 11.6 Å². The Hall–Kier alpha value is -2.98. The van der Waals surface area contributed by atoms with Crippen molar-refractivity contribution in [3.63, 3.8) is 0 Å². The van der Waals surface area contributed by atoms with Gasteiger partial charge in [-0.05, 0) is 60.0 Å². The molecule has 0 amide bonds. The van der Waals surface area contributed by atoms with E-state index in [1.54, 1.807) is 19.1 Å². The van der Waals surface area contributed by atoms with Gasteiger partial charge in [0.25, 0.3) is 0 Å². The number of aromatic carboxylic acids is 1. The first-order valence-electron chi connectivity index (χ1n) is 8.56. The Morgan fingerprint density at radius 2 is 1.78 bits per heavy atom. The van der Waals surface area contributed by atoms with Gasteiger partial charge in [-0.15, -0.1) is 0 Å². The Balaban J connectivity index is 1.63. The van der Waals surface area contributed by atoms with Crippen LogP contribution in [0.15, 0.2) is 66.7 Å². The second-order valence-corrected chi connectivity index (χ2v) is 6.64. The van der Waals surface area contributed by atoms with E-state index in [0.29, 0.717) is 23.7 Å². The molecule has 0 spiro atoms. The van der Waals surface area contributed by atoms with E-state index in [1.165, 1.54) is 0 Å². The van der Waals surface area contributed by atoms with Crippen molar-refractivity contribution in [3.8, 4) is 5.75 Å². The standard InChI is InChI=1S/C22H20ClNO3/c1-15-20(22(25)26)6-3-7-21(15)24-13-17-4-2-5-19(12-17)27-14-16-8-10-18(23)11-9-16/h2-12,24H,13-14H2,1H3,(H,25,26). The lowest BCUT2D eigenvalue weighted by Crippen LogP contribution is -2.06. The highest BCUT2D eigenvalue weighted by molar-refractivity contribution is 6.30. The van der Waals surface area contributed by atoms with Crippen LogP contribution in [-0.4, -0.2) is 11.1 Å². The summed E-state index contributed by atoms with van der Waals surface area (Å²) >= 11 is 5.89. The van der Waals surface area contributed by atoms with Crippen LogP contribution < -0.4 is 10.1 Å². The molecular weight excluding hydrogens is 362 g/mol. The average Bonchev–Trinajstić information content (AvgIpc) is 2.67. The maximum Gasteiger partial charge on any atom is 0.336 e. The summed E-state index contributed by atoms with van der Waals surface area (Å²) in [6.07, 6.45) is 0. The third-order valence-electron chi connectivity index (χ3n) is 4.26. The minimum atomic E-state index is -0.922. The zero-order valence-electron chi connectivity index (χ0n) is 14.9. The SMILES string of the molecule is Cc1c(NCc2cccc(OCc3ccc(Cl)cc3)c2)cccc1C(=O)O. The number of carbonyl (C=O) groups is 1. The summed E-state index contributed by atoms with van der Waals surface area (Å²) in [6, 6.07) is 20.6. The fourth-order valence-electron chi connectivity index (χ4n) is 2.75. The van der Waals surface area contributed by atoms with Gasteiger partial charge in [0, 0.05) is 17.3 Å². The molecule has 0 heterocycles. The van der Waals surface area contributed by atoms with Crippen molar-refractivity contribution in [2.75, 3.05) is 5.32 Å². The zero-order valence-corrected chi connectivity index (χ0v) is 15.7. The average molecular weight is 382 g/mol. The molecule has 0 fully saturated rings. The van der Waals surface area contributed by atoms with E-state index in [0.717, 1.165) is 28.1 Å². The van der Waals surface area contributed by atoms with E-state index in [1.807, 2.05) is 54.6 Å². The summed E-state index contributed by atoms with van der Waals surface area (Å²) in [6.45, 7) is 2.84. The minimum Gasteiger partial charge on any atom is -0.489 e. The number of rotatable bonds is 7. The van der Waals surface area contributed by atoms with Crippen molar-refractivity contribution in [2.45, 2.75) is 20.1 Å². The molecule has 27 heavy (non-hydrogen) atoms. The number of nitrogens with one attached hydrogen (secondary N) is 1. The van der Waals surface area contributed by atoms with Gasteiger partial charge in [0.2, 0.25) is 0 Å². The number of hydrogen-bond acceptors (Lipinski definition) is 3. The molecule has 0 radical (unpaired) electrons. The lowest BCUT2D eigenvalue weighted by atomic mass is 10.1. The summed E-state index contributed by atoms with van der Waals surface area (Å²) in [7, 11) is 0. The Morgan fingerprint density at radius 3 is 2.52 bits per heavy atom. The first-order valence-corrected chi connectivity index (χ1v) is 8.93. The normalized spacial score (nSPS) is 10.4. The molecule has 0 aliphatic carbocycles. The van der Waals surface area contributed by atoms with E-state index in [-0.39, 0.29) is 0 Å². The van der Waals surface area contributed by atoms with E-state index < -0.39 is 5.97 Å². The Morgan fingerprint density at radius 1 is 1.04 bits per heavy atom. The summed E-state index contributed by atoms with van der Waals surface area (Å²) in [5.74, 6) is -0.144. The number of hydrogen-bond donors (Lipinski definition) is 2. The van der Waals surface area contributed by atoms with Crippen LogP contribution in [0, 0.1) is 6.92 Å². The largest absolute Gasteiger partial charge is 0.489 e. The van der Waals surface area contributed by atoms with Crippen LogP contribution in [0.25, 0.3) is 0 Å². The van der Waals surface area contributed by atoms with E-state index in [2.05, 4.69) is 5.32 Å². The predicted molar refractivity (Wildman–Crippen MR) is 108 cm³/mol. The van der Waals surface area contributed by atoms with Gasteiger partial charge in [-0.1, -0.05) is 41.9 Å². The molecule has 3 rings (SSSR count). The maximum atomic E-state index is 11.2. The van der Waals surface area contributed by atoms with Crippen LogP contribution in [0.4, 0.5) is 5.69 Å². The van der Waals surface area contributed by atoms with Gasteiger partial charge in [-0.3, -0.25) is 0 Å². The highest BCUT2D eigenvalue weighted by Crippen LogP contribution is 2.21. The molecule has 0 aliphatic rings. The van der Waals surface area contributed by atoms with Crippen molar-refractivity contribution in [1.82, 2.24) is 0 Å². The van der Waals surface area contributed by atoms with Crippen LogP contribution in [0.5, 0.6) is 5.75 Å². The zero-order chi connectivity index (χ0) is 19.2. The molecule has 0 aromatic heterocycles. The smallest absolute Gasteiger partial charge is 0.336 e. The third kappa shape index (κ3) is 5.02. The molecule has 5 heteroatoms. The molecule has 2 N–H and O–H groups in total. The van der Waals surface area contributed by atoms with Crippen molar-refractivity contribution in [1.29, 1.82) is 0 Å². The molecule has 0 atom stereocenters. The minimum absolute atomic E-state index is 0.306. The van der Waals surface area contributed by atoms with Crippen molar-refractivity contribution < 1.29 is 14.6 Å². The lowest BCUT2D eigenvalue weighted by Gasteiger charge is -2.13. The van der Waals surface area contributed by atoms with Gasteiger partial charge >= 0.3 is 5.97 Å². The number of carboxylic acid groups (broad SMARTS) is 1. The summed E-state index contributed by atoms with van der Waals surface area (Å²) in [5.41, 5.74) is 3.93. The fraction of sp³-hybridized carbons (Fsp3) is 0.136. The molecule has 3 aromatic rings. The van der Waals surface area contributed by atoms with Crippen molar-refractivity contribution in [2.24, 2.45) is 0 Å². The Labute approximate surface area is 163 Å². The molecule has 4 nitrogen and oxygen atoms in total. The number of halogens is 1. The third-order valence-corrected chi connectivity index (χ3v) is 4.52. The maximum absolute atomic E-state index is 11.2. The topological polar surface area (TPSA) is 58.6 Å². The molecule has 138 valence electrons. The van der Waals surface area contributed by atoms with Crippen LogP contribution in [0.2, 0.25) is 5.02 Å². The highest BCUT2D eigenvalue weighted by Gasteiger charge is 2.09. The van der Waals surface area contributed by atoms with Gasteiger partial charge < -0.3 is 15.2 Å². The molecule has 0 saturated heterocycles. The first-order chi connectivity index (χ1) is 13.0. The highest BCUT2D eigenvalue weighted by atomic mass is 35.5. The number of ether oxygens (including phenoxy) is 1. The Bertz CT molecular complexity index is 939. The van der Waals surface area contributed by atoms with Gasteiger partial charge in [0.15, 0.2) is 0 Å². The fourth-order valence-corrected chi connectivity index (χ4v) is 2.87. The number of carboxylic acids is 1. The van der Waals surface area contributed by atoms with E-state index in [9.17, 15) is 9.90 Å². The second kappa shape index (κ2) is 8.60. The summed E-state index contributed by atoms with van der Waals surface area (Å²) < 4.78 is 5.85. The van der Waals surface area contributed by atoms with E-state index in [4.69, 9.17) is 16.3 Å². The first kappa shape index (κ1) is 18.8. The summed E-state index contributed by atoms with van der Waals surface area (Å²) in [5, 5.41) is 13.2. The van der Waals surface area contributed by atoms with Crippen molar-refractivity contribution >= 4 is 23.3 Å². The molecule has 0 bridgehead atoms. The lowest BCUT2D eigenvalue weighted by molar-refractivity contribution is 0.0696. The van der Waals surface area contributed by atoms with Gasteiger partial charge in [0.05, 0.1) is 5.56 Å². The molecule has 0 saturated carbocycles. The predicted octanol–water partition coefficient (Wildman–Crippen LogP) is 5.54. The van der Waals surface area contributed by atoms with Crippen molar-refractivity contribution in [3.05, 3.63) is 94.0 Å². The van der Waals surface area contributed by atoms with Gasteiger partial charge in [-0.2, -0.15) is 0 Å². The molecule has 3 aromatic carbocycles. The van der Waals surface area contributed by atoms with E-state index >= 15 is 0 Å². The van der Waals surface area contributed by atoms with Crippen LogP contribution in [0.1, 0.15) is 27.0 Å². The molecular formula is C22H20ClNO3.